The van der Waals surface area contributed by atoms with Crippen molar-refractivity contribution in [2.75, 3.05) is 13.7 Å². The molecule has 0 aliphatic rings. The van der Waals surface area contributed by atoms with Gasteiger partial charge in [0, 0.05) is 25.9 Å². The van der Waals surface area contributed by atoms with E-state index in [1.54, 1.807) is 13.3 Å². The van der Waals surface area contributed by atoms with E-state index in [2.05, 4.69) is 9.97 Å². The highest BCUT2D eigenvalue weighted by molar-refractivity contribution is 6.30. The van der Waals surface area contributed by atoms with Crippen LogP contribution < -0.4 is 4.74 Å². The number of rotatable bonds is 5. The molecule has 0 aliphatic carbocycles. The third-order valence-corrected chi connectivity index (χ3v) is 2.38. The molecule has 84 valence electrons. The first-order chi connectivity index (χ1) is 7.05. The molecule has 15 heavy (non-hydrogen) atoms. The standard InChI is InChI=1S/C10H15ClN2O2/c1-10(2,14-3)4-7-15-9-8(11)12-5-6-13-9/h5-6H,4,7H2,1-3H3. The van der Waals surface area contributed by atoms with Gasteiger partial charge < -0.3 is 9.47 Å². The Bertz CT molecular complexity index is 318. The van der Waals surface area contributed by atoms with Gasteiger partial charge in [-0.1, -0.05) is 11.6 Å². The van der Waals surface area contributed by atoms with Crippen LogP contribution in [0.2, 0.25) is 5.15 Å². The van der Waals surface area contributed by atoms with Crippen LogP contribution in [0.3, 0.4) is 0 Å². The van der Waals surface area contributed by atoms with Crippen LogP contribution in [-0.4, -0.2) is 29.3 Å². The van der Waals surface area contributed by atoms with Crippen molar-refractivity contribution in [2.45, 2.75) is 25.9 Å². The molecule has 0 fully saturated rings. The Morgan fingerprint density at radius 3 is 2.60 bits per heavy atom. The minimum Gasteiger partial charge on any atom is -0.475 e. The molecule has 1 aromatic heterocycles. The van der Waals surface area contributed by atoms with E-state index in [1.807, 2.05) is 13.8 Å². The van der Waals surface area contributed by atoms with Crippen molar-refractivity contribution in [3.63, 3.8) is 0 Å². The zero-order valence-electron chi connectivity index (χ0n) is 9.16. The number of methoxy groups -OCH3 is 1. The fraction of sp³-hybridized carbons (Fsp3) is 0.600. The van der Waals surface area contributed by atoms with Crippen LogP contribution in [0.15, 0.2) is 12.4 Å². The molecule has 4 nitrogen and oxygen atoms in total. The van der Waals surface area contributed by atoms with Crippen molar-refractivity contribution in [2.24, 2.45) is 0 Å². The number of hydrogen-bond donors (Lipinski definition) is 0. The lowest BCUT2D eigenvalue weighted by Crippen LogP contribution is -2.25. The minimum absolute atomic E-state index is 0.200. The lowest BCUT2D eigenvalue weighted by molar-refractivity contribution is 0.00506. The molecular formula is C10H15ClN2O2. The first kappa shape index (κ1) is 12.2. The largest absolute Gasteiger partial charge is 0.475 e. The van der Waals surface area contributed by atoms with Crippen molar-refractivity contribution in [3.05, 3.63) is 17.5 Å². The van der Waals surface area contributed by atoms with Gasteiger partial charge in [-0.05, 0) is 13.8 Å². The smallest absolute Gasteiger partial charge is 0.252 e. The molecule has 0 amide bonds. The number of ether oxygens (including phenoxy) is 2. The van der Waals surface area contributed by atoms with Gasteiger partial charge in [0.1, 0.15) is 0 Å². The van der Waals surface area contributed by atoms with Crippen molar-refractivity contribution >= 4 is 11.6 Å². The third-order valence-electron chi connectivity index (χ3n) is 2.12. The summed E-state index contributed by atoms with van der Waals surface area (Å²) >= 11 is 5.78. The van der Waals surface area contributed by atoms with Gasteiger partial charge in [0.15, 0.2) is 5.15 Å². The predicted octanol–water partition coefficient (Wildman–Crippen LogP) is 2.32. The molecule has 0 saturated carbocycles. The number of aromatic nitrogens is 2. The van der Waals surface area contributed by atoms with Crippen LogP contribution in [0.4, 0.5) is 0 Å². The van der Waals surface area contributed by atoms with Crippen LogP contribution in [0.1, 0.15) is 20.3 Å². The second kappa shape index (κ2) is 5.28. The van der Waals surface area contributed by atoms with Gasteiger partial charge in [0.05, 0.1) is 12.2 Å². The summed E-state index contributed by atoms with van der Waals surface area (Å²) in [6, 6.07) is 0. The SMILES string of the molecule is COC(C)(C)CCOc1nccnc1Cl. The lowest BCUT2D eigenvalue weighted by atomic mass is 10.1. The Kier molecular flexibility index (Phi) is 4.29. The van der Waals surface area contributed by atoms with E-state index in [0.29, 0.717) is 12.5 Å². The Balaban J connectivity index is 2.42. The quantitative estimate of drug-likeness (QED) is 0.779. The van der Waals surface area contributed by atoms with E-state index < -0.39 is 0 Å². The Morgan fingerprint density at radius 2 is 2.00 bits per heavy atom. The summed E-state index contributed by atoms with van der Waals surface area (Å²) in [5, 5.41) is 0.285. The van der Waals surface area contributed by atoms with Gasteiger partial charge in [-0.3, -0.25) is 0 Å². The predicted molar refractivity (Wildman–Crippen MR) is 58.2 cm³/mol. The van der Waals surface area contributed by atoms with Gasteiger partial charge in [0.2, 0.25) is 0 Å². The summed E-state index contributed by atoms with van der Waals surface area (Å²) in [7, 11) is 1.68. The van der Waals surface area contributed by atoms with Crippen LogP contribution in [0.5, 0.6) is 5.88 Å². The zero-order valence-corrected chi connectivity index (χ0v) is 9.91. The van der Waals surface area contributed by atoms with Gasteiger partial charge in [-0.2, -0.15) is 0 Å². The van der Waals surface area contributed by atoms with Crippen molar-refractivity contribution in [1.82, 2.24) is 9.97 Å². The first-order valence-corrected chi connectivity index (χ1v) is 5.07. The molecule has 1 heterocycles. The number of nitrogens with zero attached hydrogens (tertiary/aromatic N) is 2. The summed E-state index contributed by atoms with van der Waals surface area (Å²) in [5.74, 6) is 0.367. The second-order valence-corrected chi connectivity index (χ2v) is 4.07. The maximum absolute atomic E-state index is 5.78. The lowest BCUT2D eigenvalue weighted by Gasteiger charge is -2.22. The molecule has 0 atom stereocenters. The van der Waals surface area contributed by atoms with E-state index in [0.717, 1.165) is 6.42 Å². The zero-order chi connectivity index (χ0) is 11.3. The Hall–Kier alpha value is -0.870. The monoisotopic (exact) mass is 230 g/mol. The summed E-state index contributed by atoms with van der Waals surface area (Å²) in [6.07, 6.45) is 3.83. The van der Waals surface area contributed by atoms with Gasteiger partial charge >= 0.3 is 0 Å². The van der Waals surface area contributed by atoms with Crippen molar-refractivity contribution in [3.8, 4) is 5.88 Å². The molecule has 0 bridgehead atoms. The highest BCUT2D eigenvalue weighted by Gasteiger charge is 2.16. The molecule has 5 heteroatoms. The molecule has 0 unspecified atom stereocenters. The van der Waals surface area contributed by atoms with E-state index >= 15 is 0 Å². The van der Waals surface area contributed by atoms with Crippen LogP contribution in [0, 0.1) is 0 Å². The molecule has 1 aromatic rings. The average molecular weight is 231 g/mol. The van der Waals surface area contributed by atoms with Gasteiger partial charge in [-0.15, -0.1) is 0 Å². The topological polar surface area (TPSA) is 44.2 Å². The van der Waals surface area contributed by atoms with Gasteiger partial charge in [0.25, 0.3) is 5.88 Å². The Labute approximate surface area is 94.6 Å². The summed E-state index contributed by atoms with van der Waals surface area (Å²) < 4.78 is 10.6. The fourth-order valence-corrected chi connectivity index (χ4v) is 1.06. The highest BCUT2D eigenvalue weighted by atomic mass is 35.5. The summed E-state index contributed by atoms with van der Waals surface area (Å²) in [4.78, 5) is 7.83. The molecule has 1 rings (SSSR count). The Morgan fingerprint density at radius 1 is 1.33 bits per heavy atom. The van der Waals surface area contributed by atoms with E-state index in [4.69, 9.17) is 21.1 Å². The van der Waals surface area contributed by atoms with E-state index in [-0.39, 0.29) is 10.8 Å². The van der Waals surface area contributed by atoms with Crippen LogP contribution >= 0.6 is 11.6 Å². The van der Waals surface area contributed by atoms with E-state index in [9.17, 15) is 0 Å². The number of hydrogen-bond acceptors (Lipinski definition) is 4. The van der Waals surface area contributed by atoms with E-state index in [1.165, 1.54) is 6.20 Å². The normalized spacial score (nSPS) is 11.5. The summed E-state index contributed by atoms with van der Waals surface area (Å²) in [6.45, 7) is 4.49. The molecule has 0 radical (unpaired) electrons. The van der Waals surface area contributed by atoms with Crippen LogP contribution in [0.25, 0.3) is 0 Å². The molecule has 0 aromatic carbocycles. The number of halogens is 1. The summed E-state index contributed by atoms with van der Waals surface area (Å²) in [5.41, 5.74) is -0.200. The molecule has 0 aliphatic heterocycles. The maximum Gasteiger partial charge on any atom is 0.252 e. The van der Waals surface area contributed by atoms with Crippen LogP contribution in [-0.2, 0) is 4.74 Å². The second-order valence-electron chi connectivity index (χ2n) is 3.71. The molecule has 0 saturated heterocycles. The maximum atomic E-state index is 5.78. The fourth-order valence-electron chi connectivity index (χ4n) is 0.901. The first-order valence-electron chi connectivity index (χ1n) is 4.69. The van der Waals surface area contributed by atoms with Gasteiger partial charge in [-0.25, -0.2) is 9.97 Å². The third kappa shape index (κ3) is 4.01. The molecule has 0 spiro atoms. The van der Waals surface area contributed by atoms with Crippen molar-refractivity contribution in [1.29, 1.82) is 0 Å². The average Bonchev–Trinajstić information content (AvgIpc) is 2.21. The molecule has 0 N–H and O–H groups in total. The van der Waals surface area contributed by atoms with Crippen molar-refractivity contribution < 1.29 is 9.47 Å². The molecular weight excluding hydrogens is 216 g/mol. The minimum atomic E-state index is -0.200. The highest BCUT2D eigenvalue weighted by Crippen LogP contribution is 2.19.